The molecule has 0 fully saturated rings. The van der Waals surface area contributed by atoms with Gasteiger partial charge in [0, 0.05) is 19.2 Å². The Morgan fingerprint density at radius 2 is 1.95 bits per heavy atom. The largest absolute Gasteiger partial charge is 0.388 e. The van der Waals surface area contributed by atoms with Crippen LogP contribution in [-0.2, 0) is 19.9 Å². The molecule has 1 aromatic heterocycles. The van der Waals surface area contributed by atoms with Gasteiger partial charge >= 0.3 is 0 Å². The normalized spacial score (nSPS) is 12.7. The van der Waals surface area contributed by atoms with Crippen LogP contribution in [0, 0.1) is 13.8 Å². The standard InChI is InChI=1S/C16H22N2O/c1-5-14-9-15(18(4)17-14)10-16(19)13-7-6-11(2)12(3)8-13/h6-9,16,19H,5,10H2,1-4H3. The molecule has 1 N–H and O–H groups in total. The molecule has 0 amide bonds. The van der Waals surface area contributed by atoms with Crippen LogP contribution >= 0.6 is 0 Å². The second-order valence-corrected chi connectivity index (χ2v) is 5.17. The number of hydrogen-bond donors (Lipinski definition) is 1. The molecule has 0 aliphatic carbocycles. The summed E-state index contributed by atoms with van der Waals surface area (Å²) in [7, 11) is 1.93. The predicted octanol–water partition coefficient (Wildman–Crippen LogP) is 2.88. The number of rotatable bonds is 4. The molecule has 2 aromatic rings. The monoisotopic (exact) mass is 258 g/mol. The van der Waals surface area contributed by atoms with E-state index in [2.05, 4.69) is 44.1 Å². The fourth-order valence-electron chi connectivity index (χ4n) is 2.22. The predicted molar refractivity (Wildman–Crippen MR) is 77.2 cm³/mol. The number of aliphatic hydroxyl groups excluding tert-OH is 1. The molecule has 1 heterocycles. The molecule has 1 unspecified atom stereocenters. The maximum atomic E-state index is 10.4. The van der Waals surface area contributed by atoms with Crippen LogP contribution in [-0.4, -0.2) is 14.9 Å². The summed E-state index contributed by atoms with van der Waals surface area (Å²) in [6.07, 6.45) is 1.05. The van der Waals surface area contributed by atoms with E-state index < -0.39 is 6.10 Å². The second kappa shape index (κ2) is 5.57. The first-order chi connectivity index (χ1) is 9.01. The van der Waals surface area contributed by atoms with Crippen molar-refractivity contribution in [3.8, 4) is 0 Å². The highest BCUT2D eigenvalue weighted by Gasteiger charge is 2.13. The number of benzene rings is 1. The first-order valence-corrected chi connectivity index (χ1v) is 6.78. The minimum absolute atomic E-state index is 0.473. The van der Waals surface area contributed by atoms with Gasteiger partial charge in [-0.15, -0.1) is 0 Å². The summed E-state index contributed by atoms with van der Waals surface area (Å²) < 4.78 is 1.86. The van der Waals surface area contributed by atoms with Crippen LogP contribution in [0.25, 0.3) is 0 Å². The number of aromatic nitrogens is 2. The van der Waals surface area contributed by atoms with Gasteiger partial charge in [0.2, 0.25) is 0 Å². The molecule has 1 atom stereocenters. The third-order valence-corrected chi connectivity index (χ3v) is 3.71. The molecular weight excluding hydrogens is 236 g/mol. The minimum Gasteiger partial charge on any atom is -0.388 e. The lowest BCUT2D eigenvalue weighted by molar-refractivity contribution is 0.175. The fraction of sp³-hybridized carbons (Fsp3) is 0.438. The van der Waals surface area contributed by atoms with E-state index in [1.807, 2.05) is 17.8 Å². The van der Waals surface area contributed by atoms with Crippen molar-refractivity contribution in [3.05, 3.63) is 52.3 Å². The number of aryl methyl sites for hydroxylation is 4. The van der Waals surface area contributed by atoms with Gasteiger partial charge in [-0.3, -0.25) is 4.68 Å². The van der Waals surface area contributed by atoms with E-state index in [-0.39, 0.29) is 0 Å². The van der Waals surface area contributed by atoms with Gasteiger partial charge in [-0.1, -0.05) is 25.1 Å². The van der Waals surface area contributed by atoms with Crippen LogP contribution in [0.15, 0.2) is 24.3 Å². The summed E-state index contributed by atoms with van der Waals surface area (Å²) in [5, 5.41) is 14.8. The Hall–Kier alpha value is -1.61. The highest BCUT2D eigenvalue weighted by atomic mass is 16.3. The molecule has 19 heavy (non-hydrogen) atoms. The van der Waals surface area contributed by atoms with Gasteiger partial charge in [0.15, 0.2) is 0 Å². The molecule has 0 bridgehead atoms. The number of aliphatic hydroxyl groups is 1. The van der Waals surface area contributed by atoms with Gasteiger partial charge in [0.05, 0.1) is 11.8 Å². The summed E-state index contributed by atoms with van der Waals surface area (Å²) in [6, 6.07) is 8.21. The fourth-order valence-corrected chi connectivity index (χ4v) is 2.22. The number of hydrogen-bond acceptors (Lipinski definition) is 2. The van der Waals surface area contributed by atoms with E-state index in [9.17, 15) is 5.11 Å². The maximum absolute atomic E-state index is 10.4. The van der Waals surface area contributed by atoms with Crippen molar-refractivity contribution in [2.24, 2.45) is 7.05 Å². The zero-order valence-corrected chi connectivity index (χ0v) is 12.1. The zero-order chi connectivity index (χ0) is 14.0. The summed E-state index contributed by atoms with van der Waals surface area (Å²) in [4.78, 5) is 0. The molecule has 102 valence electrons. The van der Waals surface area contributed by atoms with Gasteiger partial charge in [0.1, 0.15) is 0 Å². The zero-order valence-electron chi connectivity index (χ0n) is 12.1. The first-order valence-electron chi connectivity index (χ1n) is 6.78. The van der Waals surface area contributed by atoms with E-state index >= 15 is 0 Å². The van der Waals surface area contributed by atoms with Crippen LogP contribution in [0.4, 0.5) is 0 Å². The minimum atomic E-state index is -0.473. The summed E-state index contributed by atoms with van der Waals surface area (Å²) >= 11 is 0. The van der Waals surface area contributed by atoms with Crippen molar-refractivity contribution < 1.29 is 5.11 Å². The Morgan fingerprint density at radius 1 is 1.21 bits per heavy atom. The van der Waals surface area contributed by atoms with E-state index in [1.165, 1.54) is 11.1 Å². The highest BCUT2D eigenvalue weighted by molar-refractivity contribution is 5.31. The third kappa shape index (κ3) is 3.04. The van der Waals surface area contributed by atoms with Gasteiger partial charge in [-0.2, -0.15) is 5.10 Å². The summed E-state index contributed by atoms with van der Waals surface area (Å²) in [5.74, 6) is 0. The van der Waals surface area contributed by atoms with Crippen LogP contribution in [0.3, 0.4) is 0 Å². The quantitative estimate of drug-likeness (QED) is 0.915. The van der Waals surface area contributed by atoms with E-state index in [0.29, 0.717) is 6.42 Å². The summed E-state index contributed by atoms with van der Waals surface area (Å²) in [5.41, 5.74) is 5.59. The molecule has 0 saturated heterocycles. The third-order valence-electron chi connectivity index (χ3n) is 3.71. The Balaban J connectivity index is 2.17. The molecule has 3 heteroatoms. The molecule has 1 aromatic carbocycles. The lowest BCUT2D eigenvalue weighted by Gasteiger charge is -2.12. The van der Waals surface area contributed by atoms with Gasteiger partial charge < -0.3 is 5.11 Å². The molecule has 0 aliphatic heterocycles. The molecule has 0 radical (unpaired) electrons. The van der Waals surface area contributed by atoms with Gasteiger partial charge in [0.25, 0.3) is 0 Å². The topological polar surface area (TPSA) is 38.0 Å². The molecule has 0 saturated carbocycles. The smallest absolute Gasteiger partial charge is 0.0845 e. The van der Waals surface area contributed by atoms with E-state index in [4.69, 9.17) is 0 Å². The van der Waals surface area contributed by atoms with Crippen molar-refractivity contribution in [1.82, 2.24) is 9.78 Å². The Kier molecular flexibility index (Phi) is 4.05. The van der Waals surface area contributed by atoms with Crippen LogP contribution in [0.5, 0.6) is 0 Å². The van der Waals surface area contributed by atoms with E-state index in [0.717, 1.165) is 23.4 Å². The van der Waals surface area contributed by atoms with Crippen LogP contribution < -0.4 is 0 Å². The average molecular weight is 258 g/mol. The van der Waals surface area contributed by atoms with Gasteiger partial charge in [-0.25, -0.2) is 0 Å². The number of nitrogens with zero attached hydrogens (tertiary/aromatic N) is 2. The maximum Gasteiger partial charge on any atom is 0.0845 e. The van der Waals surface area contributed by atoms with E-state index in [1.54, 1.807) is 0 Å². The molecule has 2 rings (SSSR count). The second-order valence-electron chi connectivity index (χ2n) is 5.17. The molecule has 3 nitrogen and oxygen atoms in total. The van der Waals surface area contributed by atoms with Crippen molar-refractivity contribution in [3.63, 3.8) is 0 Å². The molecule has 0 spiro atoms. The average Bonchev–Trinajstić information content (AvgIpc) is 2.73. The van der Waals surface area contributed by atoms with Gasteiger partial charge in [-0.05, 0) is 43.0 Å². The van der Waals surface area contributed by atoms with Crippen molar-refractivity contribution in [2.75, 3.05) is 0 Å². The Labute approximate surface area is 114 Å². The summed E-state index contributed by atoms with van der Waals surface area (Å²) in [6.45, 7) is 6.25. The van der Waals surface area contributed by atoms with Crippen molar-refractivity contribution in [2.45, 2.75) is 39.7 Å². The van der Waals surface area contributed by atoms with Crippen LogP contribution in [0.2, 0.25) is 0 Å². The lowest BCUT2D eigenvalue weighted by atomic mass is 10.00. The Morgan fingerprint density at radius 3 is 2.53 bits per heavy atom. The lowest BCUT2D eigenvalue weighted by Crippen LogP contribution is -2.06. The van der Waals surface area contributed by atoms with Crippen molar-refractivity contribution >= 4 is 0 Å². The van der Waals surface area contributed by atoms with Crippen LogP contribution in [0.1, 0.15) is 41.1 Å². The van der Waals surface area contributed by atoms with Crippen molar-refractivity contribution in [1.29, 1.82) is 0 Å². The highest BCUT2D eigenvalue weighted by Crippen LogP contribution is 2.21. The molecular formula is C16H22N2O. The molecule has 0 aliphatic rings. The Bertz CT molecular complexity index is 572. The SMILES string of the molecule is CCc1cc(CC(O)c2ccc(C)c(C)c2)n(C)n1. The first kappa shape index (κ1) is 13.8.